The number of rotatable bonds is 6. The predicted molar refractivity (Wildman–Crippen MR) is 127 cm³/mol. The van der Waals surface area contributed by atoms with Crippen LogP contribution >= 0.6 is 0 Å². The van der Waals surface area contributed by atoms with Gasteiger partial charge in [0, 0.05) is 5.56 Å². The van der Waals surface area contributed by atoms with E-state index in [-0.39, 0.29) is 17.3 Å². The molecule has 0 spiro atoms. The highest BCUT2D eigenvalue weighted by molar-refractivity contribution is 5.90. The maximum Gasteiger partial charge on any atom is 0.341 e. The SMILES string of the molecule is CCCc1ccc(-c2ccc(C(=O)OC3CCC(c4ccc(C)cc4F)CC3)c(F)c2F)cc1. The Morgan fingerprint density at radius 2 is 1.62 bits per heavy atom. The minimum Gasteiger partial charge on any atom is -0.459 e. The third-order valence-electron chi connectivity index (χ3n) is 6.65. The van der Waals surface area contributed by atoms with Crippen molar-refractivity contribution in [1.82, 2.24) is 0 Å². The smallest absolute Gasteiger partial charge is 0.341 e. The fourth-order valence-electron chi connectivity index (χ4n) is 4.74. The van der Waals surface area contributed by atoms with Crippen LogP contribution in [-0.2, 0) is 11.2 Å². The van der Waals surface area contributed by atoms with Crippen LogP contribution in [0.25, 0.3) is 11.1 Å². The lowest BCUT2D eigenvalue weighted by atomic mass is 9.82. The lowest BCUT2D eigenvalue weighted by Crippen LogP contribution is -2.25. The van der Waals surface area contributed by atoms with Crippen molar-refractivity contribution in [3.05, 3.63) is 94.3 Å². The number of hydrogen-bond acceptors (Lipinski definition) is 2. The number of aryl methyl sites for hydroxylation is 2. The summed E-state index contributed by atoms with van der Waals surface area (Å²) in [6.45, 7) is 3.93. The Bertz CT molecular complexity index is 1160. The van der Waals surface area contributed by atoms with Crippen LogP contribution in [0.2, 0.25) is 0 Å². The number of ether oxygens (including phenoxy) is 1. The highest BCUT2D eigenvalue weighted by atomic mass is 19.2. The number of halogens is 3. The molecule has 4 rings (SSSR count). The molecular weight excluding hydrogens is 437 g/mol. The van der Waals surface area contributed by atoms with Crippen molar-refractivity contribution in [2.24, 2.45) is 0 Å². The first kappa shape index (κ1) is 24.1. The van der Waals surface area contributed by atoms with Gasteiger partial charge in [-0.2, -0.15) is 0 Å². The normalized spacial score (nSPS) is 18.0. The van der Waals surface area contributed by atoms with Crippen molar-refractivity contribution in [3.8, 4) is 11.1 Å². The van der Waals surface area contributed by atoms with Gasteiger partial charge in [0.05, 0.1) is 5.56 Å². The van der Waals surface area contributed by atoms with Crippen LogP contribution in [0.5, 0.6) is 0 Å². The maximum absolute atomic E-state index is 14.8. The molecule has 0 aliphatic heterocycles. The predicted octanol–water partition coefficient (Wildman–Crippen LogP) is 7.92. The van der Waals surface area contributed by atoms with Gasteiger partial charge in [-0.1, -0.05) is 55.8 Å². The molecule has 2 nitrogen and oxygen atoms in total. The molecule has 1 aliphatic carbocycles. The molecule has 0 unspecified atom stereocenters. The second-order valence-electron chi connectivity index (χ2n) is 9.14. The number of benzene rings is 3. The second-order valence-corrected chi connectivity index (χ2v) is 9.14. The van der Waals surface area contributed by atoms with Crippen molar-refractivity contribution in [2.75, 3.05) is 0 Å². The van der Waals surface area contributed by atoms with Gasteiger partial charge in [0.2, 0.25) is 0 Å². The Morgan fingerprint density at radius 1 is 0.912 bits per heavy atom. The number of carbonyl (C=O) groups excluding carboxylic acids is 1. The molecule has 0 aromatic heterocycles. The van der Waals surface area contributed by atoms with E-state index in [1.54, 1.807) is 12.1 Å². The highest BCUT2D eigenvalue weighted by Crippen LogP contribution is 2.36. The summed E-state index contributed by atoms with van der Waals surface area (Å²) in [5, 5.41) is 0. The minimum absolute atomic E-state index is 0.0627. The summed E-state index contributed by atoms with van der Waals surface area (Å²) >= 11 is 0. The van der Waals surface area contributed by atoms with E-state index in [2.05, 4.69) is 6.92 Å². The first-order valence-electron chi connectivity index (χ1n) is 11.9. The average Bonchev–Trinajstić information content (AvgIpc) is 2.82. The molecule has 1 fully saturated rings. The van der Waals surface area contributed by atoms with Gasteiger partial charge in [0.15, 0.2) is 11.6 Å². The van der Waals surface area contributed by atoms with Crippen molar-refractivity contribution in [3.63, 3.8) is 0 Å². The lowest BCUT2D eigenvalue weighted by Gasteiger charge is -2.29. The van der Waals surface area contributed by atoms with Gasteiger partial charge >= 0.3 is 5.97 Å². The number of hydrogen-bond donors (Lipinski definition) is 0. The summed E-state index contributed by atoms with van der Waals surface area (Å²) in [4.78, 5) is 12.6. The highest BCUT2D eigenvalue weighted by Gasteiger charge is 2.28. The second kappa shape index (κ2) is 10.5. The quantitative estimate of drug-likeness (QED) is 0.345. The fraction of sp³-hybridized carbons (Fsp3) is 0.345. The van der Waals surface area contributed by atoms with Crippen molar-refractivity contribution in [1.29, 1.82) is 0 Å². The zero-order valence-electron chi connectivity index (χ0n) is 19.5. The topological polar surface area (TPSA) is 26.3 Å². The lowest BCUT2D eigenvalue weighted by molar-refractivity contribution is 0.0188. The summed E-state index contributed by atoms with van der Waals surface area (Å²) in [5.74, 6) is -3.27. The van der Waals surface area contributed by atoms with E-state index in [1.807, 2.05) is 31.2 Å². The van der Waals surface area contributed by atoms with Gasteiger partial charge in [0.1, 0.15) is 11.9 Å². The first-order chi connectivity index (χ1) is 16.4. The molecule has 0 heterocycles. The van der Waals surface area contributed by atoms with Gasteiger partial charge in [-0.15, -0.1) is 0 Å². The van der Waals surface area contributed by atoms with Crippen LogP contribution in [-0.4, -0.2) is 12.1 Å². The van der Waals surface area contributed by atoms with E-state index in [1.165, 1.54) is 18.2 Å². The molecule has 0 atom stereocenters. The molecule has 5 heteroatoms. The van der Waals surface area contributed by atoms with E-state index in [0.717, 1.165) is 24.0 Å². The fourth-order valence-corrected chi connectivity index (χ4v) is 4.74. The molecule has 34 heavy (non-hydrogen) atoms. The molecule has 1 saturated carbocycles. The summed E-state index contributed by atoms with van der Waals surface area (Å²) in [5.41, 5.74) is 2.94. The molecular formula is C29H29F3O2. The van der Waals surface area contributed by atoms with Gasteiger partial charge in [-0.25, -0.2) is 18.0 Å². The van der Waals surface area contributed by atoms with Crippen LogP contribution in [0.15, 0.2) is 54.6 Å². The van der Waals surface area contributed by atoms with Gasteiger partial charge in [-0.05, 0) is 79.3 Å². The Labute approximate surface area is 198 Å². The van der Waals surface area contributed by atoms with E-state index in [9.17, 15) is 18.0 Å². The number of carbonyl (C=O) groups is 1. The number of esters is 1. The van der Waals surface area contributed by atoms with Crippen LogP contribution in [0.4, 0.5) is 13.2 Å². The summed E-state index contributed by atoms with van der Waals surface area (Å²) in [7, 11) is 0. The van der Waals surface area contributed by atoms with Crippen LogP contribution in [0, 0.1) is 24.4 Å². The third kappa shape index (κ3) is 5.19. The monoisotopic (exact) mass is 466 g/mol. The van der Waals surface area contributed by atoms with Crippen LogP contribution < -0.4 is 0 Å². The van der Waals surface area contributed by atoms with Crippen LogP contribution in [0.3, 0.4) is 0 Å². The zero-order valence-corrected chi connectivity index (χ0v) is 19.5. The summed E-state index contributed by atoms with van der Waals surface area (Å²) < 4.78 is 49.4. The van der Waals surface area contributed by atoms with E-state index >= 15 is 0 Å². The van der Waals surface area contributed by atoms with Crippen molar-refractivity contribution < 1.29 is 22.7 Å². The molecule has 0 saturated heterocycles. The maximum atomic E-state index is 14.8. The van der Waals surface area contributed by atoms with E-state index < -0.39 is 29.3 Å². The van der Waals surface area contributed by atoms with E-state index in [0.29, 0.717) is 36.8 Å². The Hall–Kier alpha value is -3.08. The molecule has 0 amide bonds. The zero-order chi connectivity index (χ0) is 24.2. The minimum atomic E-state index is -1.20. The molecule has 1 aliphatic rings. The Balaban J connectivity index is 1.41. The van der Waals surface area contributed by atoms with Gasteiger partial charge < -0.3 is 4.74 Å². The van der Waals surface area contributed by atoms with Gasteiger partial charge in [-0.3, -0.25) is 0 Å². The standard InChI is InChI=1S/C29H29F3O2/c1-3-4-19-6-8-21(9-7-19)24-15-16-25(28(32)27(24)31)29(33)34-22-12-10-20(11-13-22)23-14-5-18(2)17-26(23)30/h5-9,14-17,20,22H,3-4,10-13H2,1-2H3. The summed E-state index contributed by atoms with van der Waals surface area (Å²) in [6, 6.07) is 15.3. The largest absolute Gasteiger partial charge is 0.459 e. The van der Waals surface area contributed by atoms with Crippen molar-refractivity contribution in [2.45, 2.75) is 64.4 Å². The van der Waals surface area contributed by atoms with Crippen molar-refractivity contribution >= 4 is 5.97 Å². The molecule has 3 aromatic carbocycles. The van der Waals surface area contributed by atoms with E-state index in [4.69, 9.17) is 4.74 Å². The molecule has 0 N–H and O–H groups in total. The Morgan fingerprint density at radius 3 is 2.26 bits per heavy atom. The molecule has 0 radical (unpaired) electrons. The average molecular weight is 467 g/mol. The summed E-state index contributed by atoms with van der Waals surface area (Å²) in [6.07, 6.45) is 3.97. The first-order valence-corrected chi connectivity index (χ1v) is 11.9. The molecule has 0 bridgehead atoms. The Kier molecular flexibility index (Phi) is 7.40. The molecule has 3 aromatic rings. The third-order valence-corrected chi connectivity index (χ3v) is 6.65. The van der Waals surface area contributed by atoms with Gasteiger partial charge in [0.25, 0.3) is 0 Å². The van der Waals surface area contributed by atoms with Crippen LogP contribution in [0.1, 0.15) is 72.0 Å². The molecule has 178 valence electrons.